The van der Waals surface area contributed by atoms with Gasteiger partial charge in [-0.05, 0) is 25.0 Å². The Balaban J connectivity index is 1.73. The second kappa shape index (κ2) is 7.66. The number of benzene rings is 1. The number of hydrogen-bond donors (Lipinski definition) is 1. The van der Waals surface area contributed by atoms with E-state index >= 15 is 0 Å². The number of halogens is 1. The van der Waals surface area contributed by atoms with Gasteiger partial charge in [-0.2, -0.15) is 0 Å². The molecular weight excluding hydrogens is 334 g/mol. The molecule has 130 valence electrons. The van der Waals surface area contributed by atoms with E-state index in [0.29, 0.717) is 11.7 Å². The van der Waals surface area contributed by atoms with Crippen LogP contribution in [0.1, 0.15) is 35.3 Å². The van der Waals surface area contributed by atoms with Crippen molar-refractivity contribution in [3.63, 3.8) is 0 Å². The molecule has 0 aliphatic heterocycles. The molecule has 1 N–H and O–H groups in total. The van der Waals surface area contributed by atoms with Gasteiger partial charge in [-0.1, -0.05) is 42.8 Å². The molecule has 25 heavy (non-hydrogen) atoms. The number of nitrogens with one attached hydrogen (secondary N) is 1. The van der Waals surface area contributed by atoms with Crippen LogP contribution in [0.2, 0.25) is 5.15 Å². The van der Waals surface area contributed by atoms with Crippen molar-refractivity contribution in [2.24, 2.45) is 0 Å². The first kappa shape index (κ1) is 17.4. The van der Waals surface area contributed by atoms with Crippen molar-refractivity contribution in [1.29, 1.82) is 0 Å². The zero-order valence-corrected chi connectivity index (χ0v) is 15.5. The molecule has 0 spiro atoms. The van der Waals surface area contributed by atoms with Gasteiger partial charge in [0.25, 0.3) is 0 Å². The van der Waals surface area contributed by atoms with E-state index in [0.717, 1.165) is 36.0 Å². The molecule has 6 heteroatoms. The van der Waals surface area contributed by atoms with Gasteiger partial charge in [-0.3, -0.25) is 0 Å². The van der Waals surface area contributed by atoms with Crippen LogP contribution in [-0.2, 0) is 19.5 Å². The fourth-order valence-corrected chi connectivity index (χ4v) is 2.84. The summed E-state index contributed by atoms with van der Waals surface area (Å²) in [4.78, 5) is 13.1. The van der Waals surface area contributed by atoms with Crippen LogP contribution in [0.25, 0.3) is 0 Å². The molecule has 0 aliphatic rings. The smallest absolute Gasteiger partial charge is 0.137 e. The summed E-state index contributed by atoms with van der Waals surface area (Å²) in [6.07, 6.45) is 4.58. The van der Waals surface area contributed by atoms with E-state index in [1.165, 1.54) is 11.1 Å². The van der Waals surface area contributed by atoms with E-state index in [1.807, 2.05) is 33.2 Å². The number of anilines is 1. The second-order valence-electron chi connectivity index (χ2n) is 6.03. The third-order valence-electron chi connectivity index (χ3n) is 4.18. The molecule has 0 atom stereocenters. The van der Waals surface area contributed by atoms with E-state index in [4.69, 9.17) is 11.6 Å². The molecule has 0 amide bonds. The zero-order chi connectivity index (χ0) is 17.8. The van der Waals surface area contributed by atoms with Crippen LogP contribution in [0.4, 0.5) is 5.82 Å². The van der Waals surface area contributed by atoms with E-state index in [1.54, 1.807) is 0 Å². The highest BCUT2D eigenvalue weighted by molar-refractivity contribution is 6.30. The summed E-state index contributed by atoms with van der Waals surface area (Å²) < 4.78 is 2.13. The number of aromatic nitrogens is 4. The maximum Gasteiger partial charge on any atom is 0.137 e. The Morgan fingerprint density at radius 1 is 1.16 bits per heavy atom. The number of hydrogen-bond acceptors (Lipinski definition) is 4. The molecule has 0 saturated heterocycles. The highest BCUT2D eigenvalue weighted by Gasteiger charge is 2.08. The predicted molar refractivity (Wildman–Crippen MR) is 101 cm³/mol. The quantitative estimate of drug-likeness (QED) is 0.674. The normalized spacial score (nSPS) is 10.9. The maximum absolute atomic E-state index is 6.20. The number of aryl methyl sites for hydroxylation is 2. The molecule has 0 fully saturated rings. The van der Waals surface area contributed by atoms with E-state index in [9.17, 15) is 0 Å². The lowest BCUT2D eigenvalue weighted by atomic mass is 10.1. The van der Waals surface area contributed by atoms with Crippen LogP contribution in [-0.4, -0.2) is 19.5 Å². The van der Waals surface area contributed by atoms with Crippen LogP contribution in [0.15, 0.2) is 36.7 Å². The van der Waals surface area contributed by atoms with Crippen molar-refractivity contribution in [2.75, 3.05) is 5.32 Å². The molecule has 0 bridgehead atoms. The third-order valence-corrected chi connectivity index (χ3v) is 4.54. The Morgan fingerprint density at radius 2 is 1.96 bits per heavy atom. The average molecular weight is 356 g/mol. The monoisotopic (exact) mass is 355 g/mol. The van der Waals surface area contributed by atoms with Gasteiger partial charge in [-0.25, -0.2) is 15.0 Å². The van der Waals surface area contributed by atoms with Gasteiger partial charge in [0.15, 0.2) is 0 Å². The molecule has 2 aromatic heterocycles. The van der Waals surface area contributed by atoms with Crippen LogP contribution < -0.4 is 5.32 Å². The summed E-state index contributed by atoms with van der Waals surface area (Å²) in [5.41, 5.74) is 3.32. The standard InChI is InChI=1S/C19H22ClN5/c1-4-17-23-18(20)13(2)19(24-17)22-11-15-6-5-7-16(10-15)12-25-9-8-21-14(25)3/h5-10H,4,11-12H2,1-3H3,(H,22,23,24). The summed E-state index contributed by atoms with van der Waals surface area (Å²) in [6.45, 7) is 7.47. The van der Waals surface area contributed by atoms with Gasteiger partial charge in [0, 0.05) is 37.5 Å². The molecule has 1 aromatic carbocycles. The Hall–Kier alpha value is -2.40. The number of rotatable bonds is 6. The molecule has 2 heterocycles. The molecule has 5 nitrogen and oxygen atoms in total. The van der Waals surface area contributed by atoms with Crippen LogP contribution >= 0.6 is 11.6 Å². The van der Waals surface area contributed by atoms with Crippen molar-refractivity contribution < 1.29 is 0 Å². The molecule has 3 aromatic rings. The third kappa shape index (κ3) is 4.17. The first-order valence-electron chi connectivity index (χ1n) is 8.39. The lowest BCUT2D eigenvalue weighted by Crippen LogP contribution is -2.07. The van der Waals surface area contributed by atoms with Crippen LogP contribution in [0.3, 0.4) is 0 Å². The molecule has 0 unspecified atom stereocenters. The molecule has 0 radical (unpaired) electrons. The van der Waals surface area contributed by atoms with Crippen molar-refractivity contribution >= 4 is 17.4 Å². The Kier molecular flexibility index (Phi) is 5.34. The minimum Gasteiger partial charge on any atom is -0.366 e. The topological polar surface area (TPSA) is 55.6 Å². The maximum atomic E-state index is 6.20. The van der Waals surface area contributed by atoms with E-state index in [2.05, 4.69) is 49.1 Å². The molecule has 0 aliphatic carbocycles. The van der Waals surface area contributed by atoms with Crippen molar-refractivity contribution in [2.45, 2.75) is 40.3 Å². The van der Waals surface area contributed by atoms with Crippen molar-refractivity contribution in [3.05, 3.63) is 70.2 Å². The summed E-state index contributed by atoms with van der Waals surface area (Å²) in [5.74, 6) is 2.57. The fourth-order valence-electron chi connectivity index (χ4n) is 2.65. The Morgan fingerprint density at radius 3 is 2.68 bits per heavy atom. The zero-order valence-electron chi connectivity index (χ0n) is 14.8. The number of nitrogens with zero attached hydrogens (tertiary/aromatic N) is 4. The average Bonchev–Trinajstić information content (AvgIpc) is 3.01. The predicted octanol–water partition coefficient (Wildman–Crippen LogP) is 4.17. The largest absolute Gasteiger partial charge is 0.366 e. The highest BCUT2D eigenvalue weighted by Crippen LogP contribution is 2.21. The summed E-state index contributed by atoms with van der Waals surface area (Å²) in [5, 5.41) is 3.90. The minimum absolute atomic E-state index is 0.513. The van der Waals surface area contributed by atoms with Crippen LogP contribution in [0, 0.1) is 13.8 Å². The minimum atomic E-state index is 0.513. The molecular formula is C19H22ClN5. The first-order chi connectivity index (χ1) is 12.1. The van der Waals surface area contributed by atoms with Gasteiger partial charge in [-0.15, -0.1) is 0 Å². The van der Waals surface area contributed by atoms with Crippen LogP contribution in [0.5, 0.6) is 0 Å². The van der Waals surface area contributed by atoms with Crippen molar-refractivity contribution in [3.8, 4) is 0 Å². The Bertz CT molecular complexity index is 872. The SMILES string of the molecule is CCc1nc(Cl)c(C)c(NCc2cccc(Cn3ccnc3C)c2)n1. The van der Waals surface area contributed by atoms with Gasteiger partial charge < -0.3 is 9.88 Å². The van der Waals surface area contributed by atoms with E-state index in [-0.39, 0.29) is 0 Å². The first-order valence-corrected chi connectivity index (χ1v) is 8.77. The summed E-state index contributed by atoms with van der Waals surface area (Å²) >= 11 is 6.20. The fraction of sp³-hybridized carbons (Fsp3) is 0.316. The summed E-state index contributed by atoms with van der Waals surface area (Å²) in [6, 6.07) is 8.52. The number of imidazole rings is 1. The van der Waals surface area contributed by atoms with Gasteiger partial charge in [0.2, 0.25) is 0 Å². The van der Waals surface area contributed by atoms with E-state index < -0.39 is 0 Å². The Labute approximate surface area is 153 Å². The second-order valence-corrected chi connectivity index (χ2v) is 6.39. The van der Waals surface area contributed by atoms with Gasteiger partial charge >= 0.3 is 0 Å². The molecule has 0 saturated carbocycles. The lowest BCUT2D eigenvalue weighted by molar-refractivity contribution is 0.760. The molecule has 3 rings (SSSR count). The van der Waals surface area contributed by atoms with Gasteiger partial charge in [0.05, 0.1) is 0 Å². The van der Waals surface area contributed by atoms with Gasteiger partial charge in [0.1, 0.15) is 22.6 Å². The lowest BCUT2D eigenvalue weighted by Gasteiger charge is -2.12. The highest BCUT2D eigenvalue weighted by atomic mass is 35.5. The van der Waals surface area contributed by atoms with Crippen molar-refractivity contribution in [1.82, 2.24) is 19.5 Å². The summed E-state index contributed by atoms with van der Waals surface area (Å²) in [7, 11) is 0.